The number of hydrogen-bond acceptors (Lipinski definition) is 6. The van der Waals surface area contributed by atoms with Gasteiger partial charge in [-0.1, -0.05) is 36.4 Å². The number of hydrogen-bond donors (Lipinski definition) is 2. The zero-order valence-electron chi connectivity index (χ0n) is 14.8. The van der Waals surface area contributed by atoms with E-state index in [-0.39, 0.29) is 0 Å². The zero-order valence-corrected chi connectivity index (χ0v) is 15.6. The number of fused-ring (bicyclic) bond motifs is 1. The molecule has 4 aromatic heterocycles. The lowest BCUT2D eigenvalue weighted by Crippen LogP contribution is -2.04. The van der Waals surface area contributed by atoms with Crippen LogP contribution in [0, 0.1) is 0 Å². The van der Waals surface area contributed by atoms with E-state index in [4.69, 9.17) is 4.98 Å². The summed E-state index contributed by atoms with van der Waals surface area (Å²) < 4.78 is 0. The maximum Gasteiger partial charge on any atom is 0.181 e. The fraction of sp³-hybridized carbons (Fsp3) is 0.0476. The lowest BCUT2D eigenvalue weighted by molar-refractivity contribution is 1.09. The maximum atomic E-state index is 4.74. The fourth-order valence-electron chi connectivity index (χ4n) is 3.08. The first kappa shape index (κ1) is 16.6. The number of anilines is 1. The SMILES string of the molecule is c1ccc(-c2[nH]ncc2CNc2nc(-c3ccccn3)nc3sccc23)cc1. The van der Waals surface area contributed by atoms with Gasteiger partial charge in [-0.05, 0) is 29.1 Å². The van der Waals surface area contributed by atoms with Crippen LogP contribution in [0.5, 0.6) is 0 Å². The molecule has 1 aromatic carbocycles. The van der Waals surface area contributed by atoms with E-state index in [0.29, 0.717) is 12.4 Å². The molecule has 2 N–H and O–H groups in total. The zero-order chi connectivity index (χ0) is 18.8. The van der Waals surface area contributed by atoms with Crippen LogP contribution in [0.1, 0.15) is 5.56 Å². The van der Waals surface area contributed by atoms with Crippen LogP contribution in [0.2, 0.25) is 0 Å². The molecule has 0 amide bonds. The second-order valence-corrected chi connectivity index (χ2v) is 7.13. The van der Waals surface area contributed by atoms with E-state index in [1.54, 1.807) is 17.5 Å². The number of aromatic nitrogens is 5. The van der Waals surface area contributed by atoms with E-state index in [1.807, 2.05) is 54.0 Å². The molecule has 0 aliphatic carbocycles. The molecule has 4 heterocycles. The van der Waals surface area contributed by atoms with Gasteiger partial charge < -0.3 is 5.32 Å². The van der Waals surface area contributed by atoms with E-state index in [0.717, 1.165) is 38.5 Å². The third-order valence-corrected chi connectivity index (χ3v) is 5.25. The quantitative estimate of drug-likeness (QED) is 0.457. The minimum absolute atomic E-state index is 0.602. The van der Waals surface area contributed by atoms with Crippen molar-refractivity contribution in [2.75, 3.05) is 5.32 Å². The molecule has 0 atom stereocenters. The average Bonchev–Trinajstić information content (AvgIpc) is 3.42. The first-order valence-electron chi connectivity index (χ1n) is 8.87. The molecule has 0 radical (unpaired) electrons. The van der Waals surface area contributed by atoms with Crippen LogP contribution >= 0.6 is 11.3 Å². The van der Waals surface area contributed by atoms with Gasteiger partial charge in [-0.15, -0.1) is 11.3 Å². The third kappa shape index (κ3) is 3.12. The Balaban J connectivity index is 1.48. The fourth-order valence-corrected chi connectivity index (χ4v) is 3.84. The van der Waals surface area contributed by atoms with Crippen molar-refractivity contribution in [1.82, 2.24) is 25.1 Å². The second-order valence-electron chi connectivity index (χ2n) is 6.24. The minimum atomic E-state index is 0.602. The van der Waals surface area contributed by atoms with Gasteiger partial charge >= 0.3 is 0 Å². The number of thiophene rings is 1. The highest BCUT2D eigenvalue weighted by molar-refractivity contribution is 7.16. The number of H-pyrrole nitrogens is 1. The van der Waals surface area contributed by atoms with Gasteiger partial charge in [0, 0.05) is 18.3 Å². The van der Waals surface area contributed by atoms with E-state index >= 15 is 0 Å². The van der Waals surface area contributed by atoms with Crippen LogP contribution < -0.4 is 5.32 Å². The summed E-state index contributed by atoms with van der Waals surface area (Å²) >= 11 is 1.60. The molecule has 28 heavy (non-hydrogen) atoms. The van der Waals surface area contributed by atoms with Crippen molar-refractivity contribution in [1.29, 1.82) is 0 Å². The standard InChI is InChI=1S/C21H16N6S/c1-2-6-14(7-3-1)18-15(13-24-27-18)12-23-19-16-9-11-28-21(16)26-20(25-19)17-8-4-5-10-22-17/h1-11,13H,12H2,(H,24,27)(H,23,25,26). The van der Waals surface area contributed by atoms with Crippen LogP contribution in [0.4, 0.5) is 5.82 Å². The van der Waals surface area contributed by atoms with Crippen LogP contribution in [0.3, 0.4) is 0 Å². The Morgan fingerprint density at radius 1 is 0.964 bits per heavy atom. The molecule has 0 spiro atoms. The van der Waals surface area contributed by atoms with E-state index in [1.165, 1.54) is 0 Å². The summed E-state index contributed by atoms with van der Waals surface area (Å²) in [4.78, 5) is 14.7. The molecule has 6 nitrogen and oxygen atoms in total. The van der Waals surface area contributed by atoms with Crippen LogP contribution in [0.15, 0.2) is 72.4 Å². The molecule has 0 aliphatic heterocycles. The van der Waals surface area contributed by atoms with Gasteiger partial charge in [0.25, 0.3) is 0 Å². The first-order chi connectivity index (χ1) is 13.9. The van der Waals surface area contributed by atoms with Crippen molar-refractivity contribution in [2.45, 2.75) is 6.54 Å². The summed E-state index contributed by atoms with van der Waals surface area (Å²) in [6, 6.07) is 18.0. The number of aromatic amines is 1. The van der Waals surface area contributed by atoms with Gasteiger partial charge in [0.15, 0.2) is 5.82 Å². The number of pyridine rings is 1. The van der Waals surface area contributed by atoms with Crippen molar-refractivity contribution in [3.8, 4) is 22.8 Å². The Labute approximate surface area is 165 Å². The van der Waals surface area contributed by atoms with Gasteiger partial charge in [-0.2, -0.15) is 5.10 Å². The predicted molar refractivity (Wildman–Crippen MR) is 112 cm³/mol. The van der Waals surface area contributed by atoms with Crippen molar-refractivity contribution in [3.63, 3.8) is 0 Å². The van der Waals surface area contributed by atoms with Crippen LogP contribution in [-0.2, 0) is 6.54 Å². The molecule has 7 heteroatoms. The average molecular weight is 384 g/mol. The monoisotopic (exact) mass is 384 g/mol. The van der Waals surface area contributed by atoms with Crippen LogP contribution in [-0.4, -0.2) is 25.1 Å². The van der Waals surface area contributed by atoms with Gasteiger partial charge in [0.2, 0.25) is 0 Å². The number of nitrogens with one attached hydrogen (secondary N) is 2. The van der Waals surface area contributed by atoms with Crippen molar-refractivity contribution in [3.05, 3.63) is 77.9 Å². The Morgan fingerprint density at radius 3 is 2.71 bits per heavy atom. The van der Waals surface area contributed by atoms with Crippen LogP contribution in [0.25, 0.3) is 33.0 Å². The summed E-state index contributed by atoms with van der Waals surface area (Å²) in [7, 11) is 0. The number of rotatable bonds is 5. The largest absolute Gasteiger partial charge is 0.365 e. The van der Waals surface area contributed by atoms with Crippen molar-refractivity contribution >= 4 is 27.4 Å². The topological polar surface area (TPSA) is 79.4 Å². The molecule has 5 aromatic rings. The molecular weight excluding hydrogens is 368 g/mol. The Hall–Kier alpha value is -3.58. The molecule has 0 unspecified atom stereocenters. The molecule has 0 saturated heterocycles. The smallest absolute Gasteiger partial charge is 0.181 e. The normalized spacial score (nSPS) is 11.0. The highest BCUT2D eigenvalue weighted by Crippen LogP contribution is 2.29. The molecule has 0 saturated carbocycles. The third-order valence-electron chi connectivity index (χ3n) is 4.45. The second kappa shape index (κ2) is 7.21. The molecule has 136 valence electrons. The Bertz CT molecular complexity index is 1210. The van der Waals surface area contributed by atoms with Gasteiger partial charge in [0.1, 0.15) is 16.3 Å². The summed E-state index contributed by atoms with van der Waals surface area (Å²) in [6.07, 6.45) is 3.60. The molecule has 5 rings (SSSR count). The highest BCUT2D eigenvalue weighted by atomic mass is 32.1. The summed E-state index contributed by atoms with van der Waals surface area (Å²) in [5.74, 6) is 1.42. The summed E-state index contributed by atoms with van der Waals surface area (Å²) in [5.41, 5.74) is 3.95. The number of benzene rings is 1. The predicted octanol–water partition coefficient (Wildman–Crippen LogP) is 4.76. The first-order valence-corrected chi connectivity index (χ1v) is 9.74. The Morgan fingerprint density at radius 2 is 1.86 bits per heavy atom. The molecule has 0 aliphatic rings. The summed E-state index contributed by atoms with van der Waals surface area (Å²) in [6.45, 7) is 0.602. The molecule has 0 fully saturated rings. The van der Waals surface area contributed by atoms with E-state index in [9.17, 15) is 0 Å². The maximum absolute atomic E-state index is 4.74. The van der Waals surface area contributed by atoms with Gasteiger partial charge in [-0.25, -0.2) is 9.97 Å². The molecule has 0 bridgehead atoms. The Kier molecular flexibility index (Phi) is 4.27. The van der Waals surface area contributed by atoms with Gasteiger partial charge in [0.05, 0.1) is 17.3 Å². The molecular formula is C21H16N6S. The number of nitrogens with zero attached hydrogens (tertiary/aromatic N) is 4. The lowest BCUT2D eigenvalue weighted by atomic mass is 10.1. The highest BCUT2D eigenvalue weighted by Gasteiger charge is 2.13. The van der Waals surface area contributed by atoms with Crippen molar-refractivity contribution < 1.29 is 0 Å². The summed E-state index contributed by atoms with van der Waals surface area (Å²) in [5, 5.41) is 13.8. The lowest BCUT2D eigenvalue weighted by Gasteiger charge is -2.09. The minimum Gasteiger partial charge on any atom is -0.365 e. The van der Waals surface area contributed by atoms with Crippen molar-refractivity contribution in [2.24, 2.45) is 0 Å². The van der Waals surface area contributed by atoms with E-state index in [2.05, 4.69) is 37.6 Å². The van der Waals surface area contributed by atoms with Gasteiger partial charge in [-0.3, -0.25) is 10.1 Å². The van der Waals surface area contributed by atoms with E-state index < -0.39 is 0 Å².